The molecule has 6 heteroatoms. The molecule has 2 aromatic rings. The number of ketones is 2. The second-order valence-electron chi connectivity index (χ2n) is 5.36. The third-order valence-corrected chi connectivity index (χ3v) is 3.72. The van der Waals surface area contributed by atoms with Crippen molar-refractivity contribution in [1.82, 2.24) is 10.3 Å². The fraction of sp³-hybridized carbons (Fsp3) is 0.167. The number of nitrogens with one attached hydrogen (secondary N) is 2. The minimum atomic E-state index is -0.523. The number of H-pyrrole nitrogens is 1. The molecule has 0 atom stereocenters. The Hall–Kier alpha value is -3.15. The van der Waals surface area contributed by atoms with Crippen LogP contribution >= 0.6 is 0 Å². The molecular formula is C18H16N2O4. The van der Waals surface area contributed by atoms with Gasteiger partial charge in [-0.1, -0.05) is 30.3 Å². The number of carbonyl (C=O) groups excluding carboxylic acids is 3. The summed E-state index contributed by atoms with van der Waals surface area (Å²) in [6.07, 6.45) is 4.06. The van der Waals surface area contributed by atoms with E-state index < -0.39 is 6.09 Å². The van der Waals surface area contributed by atoms with E-state index in [2.05, 4.69) is 10.3 Å². The van der Waals surface area contributed by atoms with Gasteiger partial charge >= 0.3 is 6.09 Å². The summed E-state index contributed by atoms with van der Waals surface area (Å²) in [5, 5.41) is 2.63. The Labute approximate surface area is 138 Å². The average Bonchev–Trinajstić information content (AvgIpc) is 3.03. The molecule has 1 amide bonds. The lowest BCUT2D eigenvalue weighted by molar-refractivity contribution is 0.0991. The number of rotatable bonds is 5. The largest absolute Gasteiger partial charge is 0.445 e. The van der Waals surface area contributed by atoms with E-state index in [0.717, 1.165) is 5.56 Å². The van der Waals surface area contributed by atoms with Gasteiger partial charge in [-0.15, -0.1) is 0 Å². The SMILES string of the molecule is O=C(NCCc1c[nH]c2c1C(=O)C=CC2=O)OCc1ccccc1. The highest BCUT2D eigenvalue weighted by Gasteiger charge is 2.23. The first-order valence-corrected chi connectivity index (χ1v) is 7.56. The van der Waals surface area contributed by atoms with E-state index in [1.165, 1.54) is 12.2 Å². The van der Waals surface area contributed by atoms with Gasteiger partial charge in [-0.25, -0.2) is 4.79 Å². The summed E-state index contributed by atoms with van der Waals surface area (Å²) < 4.78 is 5.11. The third-order valence-electron chi connectivity index (χ3n) is 3.72. The number of hydrogen-bond acceptors (Lipinski definition) is 4. The first kappa shape index (κ1) is 15.7. The van der Waals surface area contributed by atoms with E-state index in [-0.39, 0.29) is 18.2 Å². The van der Waals surface area contributed by atoms with Crippen LogP contribution in [0.25, 0.3) is 0 Å². The smallest absolute Gasteiger partial charge is 0.407 e. The molecule has 24 heavy (non-hydrogen) atoms. The number of benzene rings is 1. The Morgan fingerprint density at radius 1 is 1.08 bits per heavy atom. The molecule has 1 aliphatic rings. The molecular weight excluding hydrogens is 308 g/mol. The highest BCUT2D eigenvalue weighted by atomic mass is 16.5. The molecule has 1 aromatic carbocycles. The number of allylic oxidation sites excluding steroid dienone is 2. The van der Waals surface area contributed by atoms with E-state index in [4.69, 9.17) is 4.74 Å². The quantitative estimate of drug-likeness (QED) is 0.884. The lowest BCUT2D eigenvalue weighted by Crippen LogP contribution is -2.26. The Morgan fingerprint density at radius 2 is 1.83 bits per heavy atom. The zero-order chi connectivity index (χ0) is 16.9. The van der Waals surface area contributed by atoms with Gasteiger partial charge in [-0.2, -0.15) is 0 Å². The number of fused-ring (bicyclic) bond motifs is 1. The van der Waals surface area contributed by atoms with Crippen LogP contribution in [0.1, 0.15) is 32.0 Å². The molecule has 0 radical (unpaired) electrons. The van der Waals surface area contributed by atoms with E-state index in [1.807, 2.05) is 30.3 Å². The van der Waals surface area contributed by atoms with Gasteiger partial charge in [0.15, 0.2) is 5.78 Å². The average molecular weight is 324 g/mol. The molecule has 0 saturated heterocycles. The van der Waals surface area contributed by atoms with Gasteiger partial charge in [0.1, 0.15) is 6.61 Å². The molecule has 1 aliphatic carbocycles. The monoisotopic (exact) mass is 324 g/mol. The summed E-state index contributed by atoms with van der Waals surface area (Å²) >= 11 is 0. The Morgan fingerprint density at radius 3 is 2.62 bits per heavy atom. The number of alkyl carbamates (subject to hydrolysis) is 1. The van der Waals surface area contributed by atoms with Crippen molar-refractivity contribution in [1.29, 1.82) is 0 Å². The molecule has 6 nitrogen and oxygen atoms in total. The molecule has 122 valence electrons. The first-order valence-electron chi connectivity index (χ1n) is 7.56. The van der Waals surface area contributed by atoms with Gasteiger partial charge in [-0.05, 0) is 29.7 Å². The van der Waals surface area contributed by atoms with Crippen LogP contribution in [0.4, 0.5) is 4.79 Å². The zero-order valence-electron chi connectivity index (χ0n) is 12.9. The van der Waals surface area contributed by atoms with Crippen LogP contribution in [-0.2, 0) is 17.8 Å². The molecule has 3 rings (SSSR count). The zero-order valence-corrected chi connectivity index (χ0v) is 12.9. The van der Waals surface area contributed by atoms with Crippen molar-refractivity contribution in [2.45, 2.75) is 13.0 Å². The highest BCUT2D eigenvalue weighted by Crippen LogP contribution is 2.20. The number of ether oxygens (including phenoxy) is 1. The van der Waals surface area contributed by atoms with Crippen LogP contribution in [0.3, 0.4) is 0 Å². The van der Waals surface area contributed by atoms with Crippen LogP contribution in [0.15, 0.2) is 48.7 Å². The fourth-order valence-electron chi connectivity index (χ4n) is 2.53. The van der Waals surface area contributed by atoms with E-state index in [1.54, 1.807) is 6.20 Å². The summed E-state index contributed by atoms with van der Waals surface area (Å²) in [6, 6.07) is 9.38. The summed E-state index contributed by atoms with van der Waals surface area (Å²) in [4.78, 5) is 38.1. The van der Waals surface area contributed by atoms with Crippen LogP contribution in [0.5, 0.6) is 0 Å². The highest BCUT2D eigenvalue weighted by molar-refractivity contribution is 6.21. The molecule has 1 heterocycles. The van der Waals surface area contributed by atoms with Gasteiger partial charge in [-0.3, -0.25) is 9.59 Å². The molecule has 0 fully saturated rings. The lowest BCUT2D eigenvalue weighted by atomic mass is 9.97. The van der Waals surface area contributed by atoms with Crippen LogP contribution in [-0.4, -0.2) is 29.2 Å². The van der Waals surface area contributed by atoms with Gasteiger partial charge < -0.3 is 15.0 Å². The minimum Gasteiger partial charge on any atom is -0.445 e. The summed E-state index contributed by atoms with van der Waals surface area (Å²) in [5.41, 5.74) is 2.31. The normalized spacial score (nSPS) is 12.8. The van der Waals surface area contributed by atoms with Gasteiger partial charge in [0.25, 0.3) is 0 Å². The Bertz CT molecular complexity index is 806. The fourth-order valence-corrected chi connectivity index (χ4v) is 2.53. The standard InChI is InChI=1S/C18H16N2O4/c21-14-6-7-15(22)17-16(14)13(10-20-17)8-9-19-18(23)24-11-12-4-2-1-3-5-12/h1-7,10,20H,8-9,11H2,(H,19,23). The van der Waals surface area contributed by atoms with E-state index in [9.17, 15) is 14.4 Å². The Balaban J connectivity index is 1.50. The number of aromatic amines is 1. The van der Waals surface area contributed by atoms with Crippen LogP contribution < -0.4 is 5.32 Å². The summed E-state index contributed by atoms with van der Waals surface area (Å²) in [6.45, 7) is 0.507. The lowest BCUT2D eigenvalue weighted by Gasteiger charge is -2.08. The van der Waals surface area contributed by atoms with Crippen molar-refractivity contribution in [2.75, 3.05) is 6.54 Å². The first-order chi connectivity index (χ1) is 11.6. The predicted octanol–water partition coefficient (Wildman–Crippen LogP) is 2.42. The molecule has 0 spiro atoms. The maximum atomic E-state index is 11.9. The second kappa shape index (κ2) is 6.95. The van der Waals surface area contributed by atoms with Crippen LogP contribution in [0, 0.1) is 0 Å². The van der Waals surface area contributed by atoms with E-state index >= 15 is 0 Å². The molecule has 0 bridgehead atoms. The van der Waals surface area contributed by atoms with Crippen molar-refractivity contribution in [3.8, 4) is 0 Å². The number of hydrogen-bond donors (Lipinski definition) is 2. The van der Waals surface area contributed by atoms with Crippen LogP contribution in [0.2, 0.25) is 0 Å². The van der Waals surface area contributed by atoms with Gasteiger partial charge in [0, 0.05) is 12.7 Å². The predicted molar refractivity (Wildman–Crippen MR) is 86.9 cm³/mol. The maximum Gasteiger partial charge on any atom is 0.407 e. The van der Waals surface area contributed by atoms with Crippen molar-refractivity contribution in [2.24, 2.45) is 0 Å². The van der Waals surface area contributed by atoms with Crippen molar-refractivity contribution in [3.05, 3.63) is 71.1 Å². The van der Waals surface area contributed by atoms with Gasteiger partial charge in [0.05, 0.1) is 11.3 Å². The second-order valence-corrected chi connectivity index (χ2v) is 5.36. The third kappa shape index (κ3) is 3.43. The van der Waals surface area contributed by atoms with Gasteiger partial charge in [0.2, 0.25) is 5.78 Å². The molecule has 2 N–H and O–H groups in total. The summed E-state index contributed by atoms with van der Waals surface area (Å²) in [5.74, 6) is -0.418. The van der Waals surface area contributed by atoms with Crippen molar-refractivity contribution < 1.29 is 19.1 Å². The molecule has 0 saturated carbocycles. The summed E-state index contributed by atoms with van der Waals surface area (Å²) in [7, 11) is 0. The van der Waals surface area contributed by atoms with Crippen molar-refractivity contribution in [3.63, 3.8) is 0 Å². The molecule has 1 aromatic heterocycles. The maximum absolute atomic E-state index is 11.9. The molecule has 0 aliphatic heterocycles. The van der Waals surface area contributed by atoms with Crippen molar-refractivity contribution >= 4 is 17.7 Å². The number of carbonyl (C=O) groups is 3. The number of amides is 1. The molecule has 0 unspecified atom stereocenters. The Kier molecular flexibility index (Phi) is 4.56. The minimum absolute atomic E-state index is 0.198. The number of aromatic nitrogens is 1. The van der Waals surface area contributed by atoms with E-state index in [0.29, 0.717) is 29.8 Å². The topological polar surface area (TPSA) is 88.3 Å².